The molecule has 0 amide bonds. The summed E-state index contributed by atoms with van der Waals surface area (Å²) in [6.07, 6.45) is 0. The lowest BCUT2D eigenvalue weighted by atomic mass is 10.0. The molecule has 18 heavy (non-hydrogen) atoms. The average Bonchev–Trinajstić information content (AvgIpc) is 2.63. The van der Waals surface area contributed by atoms with E-state index in [1.807, 2.05) is 13.0 Å². The number of aryl methyl sites for hydroxylation is 4. The lowest BCUT2D eigenvalue weighted by molar-refractivity contribution is 1.13. The van der Waals surface area contributed by atoms with Gasteiger partial charge < -0.3 is 0 Å². The van der Waals surface area contributed by atoms with Gasteiger partial charge in [0, 0.05) is 14.8 Å². The molecule has 0 N–H and O–H groups in total. The second-order valence-corrected chi connectivity index (χ2v) is 6.84. The Bertz CT molecular complexity index is 565. The molecule has 1 aromatic heterocycles. The Morgan fingerprint density at radius 2 is 1.61 bits per heavy atom. The lowest BCUT2D eigenvalue weighted by Gasteiger charge is -2.13. The minimum atomic E-state index is -0.0848. The van der Waals surface area contributed by atoms with Gasteiger partial charge in [-0.05, 0) is 62.1 Å². The summed E-state index contributed by atoms with van der Waals surface area (Å²) in [4.78, 5) is 2.54. The molecular formula is C15H16Cl2S. The molecule has 1 heterocycles. The predicted molar refractivity (Wildman–Crippen MR) is 82.4 cm³/mol. The minimum absolute atomic E-state index is 0.0848. The Labute approximate surface area is 123 Å². The molecule has 3 heteroatoms. The van der Waals surface area contributed by atoms with Crippen LogP contribution >= 0.6 is 34.5 Å². The lowest BCUT2D eigenvalue weighted by Crippen LogP contribution is -1.95. The van der Waals surface area contributed by atoms with Gasteiger partial charge >= 0.3 is 0 Å². The minimum Gasteiger partial charge on any atom is -0.143 e. The number of hydrogen-bond donors (Lipinski definition) is 0. The normalized spacial score (nSPS) is 12.8. The molecule has 2 rings (SSSR count). The van der Waals surface area contributed by atoms with E-state index in [1.165, 1.54) is 15.3 Å². The van der Waals surface area contributed by atoms with Gasteiger partial charge in [-0.1, -0.05) is 17.7 Å². The van der Waals surface area contributed by atoms with Crippen molar-refractivity contribution in [3.63, 3.8) is 0 Å². The van der Waals surface area contributed by atoms with Gasteiger partial charge in [-0.25, -0.2) is 0 Å². The first-order chi connectivity index (χ1) is 8.40. The molecule has 0 spiro atoms. The third kappa shape index (κ3) is 2.59. The Kier molecular flexibility index (Phi) is 4.05. The van der Waals surface area contributed by atoms with E-state index in [4.69, 9.17) is 23.2 Å². The summed E-state index contributed by atoms with van der Waals surface area (Å²) in [6, 6.07) is 6.27. The molecule has 0 aliphatic carbocycles. The van der Waals surface area contributed by atoms with Crippen LogP contribution < -0.4 is 0 Å². The maximum atomic E-state index is 6.61. The zero-order valence-corrected chi connectivity index (χ0v) is 13.3. The van der Waals surface area contributed by atoms with E-state index < -0.39 is 0 Å². The maximum absolute atomic E-state index is 6.61. The molecule has 0 saturated carbocycles. The van der Waals surface area contributed by atoms with E-state index in [2.05, 4.69) is 32.9 Å². The summed E-state index contributed by atoms with van der Waals surface area (Å²) in [5, 5.41) is 0.719. The van der Waals surface area contributed by atoms with Crippen LogP contribution in [0, 0.1) is 27.7 Å². The first-order valence-electron chi connectivity index (χ1n) is 5.87. The van der Waals surface area contributed by atoms with Crippen molar-refractivity contribution in [1.82, 2.24) is 0 Å². The van der Waals surface area contributed by atoms with Crippen LogP contribution in [0.1, 0.15) is 37.4 Å². The number of rotatable bonds is 2. The highest BCUT2D eigenvalue weighted by molar-refractivity contribution is 7.12. The number of benzene rings is 1. The Morgan fingerprint density at radius 1 is 0.944 bits per heavy atom. The Hall–Kier alpha value is -0.500. The van der Waals surface area contributed by atoms with Crippen molar-refractivity contribution in [3.05, 3.63) is 55.2 Å². The van der Waals surface area contributed by atoms with Gasteiger partial charge in [-0.3, -0.25) is 0 Å². The molecule has 0 saturated heterocycles. The van der Waals surface area contributed by atoms with Crippen LogP contribution in [0.4, 0.5) is 0 Å². The van der Waals surface area contributed by atoms with Crippen LogP contribution in [-0.4, -0.2) is 0 Å². The second-order valence-electron chi connectivity index (χ2n) is 4.71. The van der Waals surface area contributed by atoms with Crippen molar-refractivity contribution in [2.45, 2.75) is 33.1 Å². The maximum Gasteiger partial charge on any atom is 0.0930 e. The first-order valence-corrected chi connectivity index (χ1v) is 7.51. The van der Waals surface area contributed by atoms with Gasteiger partial charge in [0.05, 0.1) is 5.38 Å². The summed E-state index contributed by atoms with van der Waals surface area (Å²) in [5.41, 5.74) is 4.69. The van der Waals surface area contributed by atoms with Crippen LogP contribution in [0.2, 0.25) is 5.02 Å². The van der Waals surface area contributed by atoms with E-state index >= 15 is 0 Å². The van der Waals surface area contributed by atoms with Crippen molar-refractivity contribution < 1.29 is 0 Å². The molecule has 2 aromatic rings. The Morgan fingerprint density at radius 3 is 2.17 bits per heavy atom. The first kappa shape index (κ1) is 13.9. The van der Waals surface area contributed by atoms with Crippen molar-refractivity contribution >= 4 is 34.5 Å². The topological polar surface area (TPSA) is 0 Å². The highest BCUT2D eigenvalue weighted by Gasteiger charge is 2.17. The quantitative estimate of drug-likeness (QED) is 0.600. The summed E-state index contributed by atoms with van der Waals surface area (Å²) in [5.74, 6) is 0. The van der Waals surface area contributed by atoms with Crippen LogP contribution in [0.15, 0.2) is 18.2 Å². The molecule has 0 aliphatic heterocycles. The number of thiophene rings is 1. The van der Waals surface area contributed by atoms with Gasteiger partial charge in [0.1, 0.15) is 0 Å². The number of alkyl halides is 1. The summed E-state index contributed by atoms with van der Waals surface area (Å²) >= 11 is 14.5. The van der Waals surface area contributed by atoms with E-state index in [0.29, 0.717) is 0 Å². The summed E-state index contributed by atoms with van der Waals surface area (Å²) < 4.78 is 0. The Balaban J connectivity index is 2.45. The molecular weight excluding hydrogens is 283 g/mol. The average molecular weight is 299 g/mol. The number of halogens is 2. The van der Waals surface area contributed by atoms with Crippen molar-refractivity contribution in [2.75, 3.05) is 0 Å². The van der Waals surface area contributed by atoms with E-state index in [1.54, 1.807) is 11.3 Å². The van der Waals surface area contributed by atoms with Crippen LogP contribution in [-0.2, 0) is 0 Å². The fraction of sp³-hybridized carbons (Fsp3) is 0.333. The smallest absolute Gasteiger partial charge is 0.0930 e. The van der Waals surface area contributed by atoms with Crippen molar-refractivity contribution in [2.24, 2.45) is 0 Å². The highest BCUT2D eigenvalue weighted by atomic mass is 35.5. The zero-order valence-electron chi connectivity index (χ0n) is 11.0. The van der Waals surface area contributed by atoms with Crippen LogP contribution in [0.25, 0.3) is 0 Å². The summed E-state index contributed by atoms with van der Waals surface area (Å²) in [6.45, 7) is 8.33. The van der Waals surface area contributed by atoms with Gasteiger partial charge in [0.2, 0.25) is 0 Å². The molecule has 0 bridgehead atoms. The molecule has 0 aliphatic rings. The SMILES string of the molecule is Cc1cc(C(Cl)c2cc(C)c(C)s2)c(C)cc1Cl. The molecule has 96 valence electrons. The molecule has 0 radical (unpaired) electrons. The second kappa shape index (κ2) is 5.24. The van der Waals surface area contributed by atoms with Crippen LogP contribution in [0.3, 0.4) is 0 Å². The molecule has 1 aromatic carbocycles. The van der Waals surface area contributed by atoms with E-state index in [-0.39, 0.29) is 5.38 Å². The van der Waals surface area contributed by atoms with Gasteiger partial charge in [0.25, 0.3) is 0 Å². The largest absolute Gasteiger partial charge is 0.143 e. The molecule has 1 unspecified atom stereocenters. The van der Waals surface area contributed by atoms with Gasteiger partial charge in [0.15, 0.2) is 0 Å². The fourth-order valence-corrected chi connectivity index (χ4v) is 3.65. The molecule has 0 nitrogen and oxygen atoms in total. The molecule has 1 atom stereocenters. The van der Waals surface area contributed by atoms with Crippen LogP contribution in [0.5, 0.6) is 0 Å². The zero-order chi connectivity index (χ0) is 13.4. The van der Waals surface area contributed by atoms with Gasteiger partial charge in [-0.2, -0.15) is 0 Å². The monoisotopic (exact) mass is 298 g/mol. The highest BCUT2D eigenvalue weighted by Crippen LogP contribution is 2.38. The van der Waals surface area contributed by atoms with Crippen molar-refractivity contribution in [3.8, 4) is 0 Å². The third-order valence-electron chi connectivity index (χ3n) is 3.26. The fourth-order valence-electron chi connectivity index (χ4n) is 1.96. The van der Waals surface area contributed by atoms with E-state index in [0.717, 1.165) is 21.7 Å². The standard InChI is InChI=1S/C15H16Cl2S/c1-8-7-14(18-11(8)4)15(17)12-5-10(3)13(16)6-9(12)2/h5-7,15H,1-4H3. The third-order valence-corrected chi connectivity index (χ3v) is 5.48. The predicted octanol–water partition coefficient (Wildman–Crippen LogP) is 5.96. The van der Waals surface area contributed by atoms with Crippen molar-refractivity contribution in [1.29, 1.82) is 0 Å². The molecule has 0 fully saturated rings. The van der Waals surface area contributed by atoms with Gasteiger partial charge in [-0.15, -0.1) is 22.9 Å². The van der Waals surface area contributed by atoms with E-state index in [9.17, 15) is 0 Å². The number of hydrogen-bond acceptors (Lipinski definition) is 1. The summed E-state index contributed by atoms with van der Waals surface area (Å²) in [7, 11) is 0.